The summed E-state index contributed by atoms with van der Waals surface area (Å²) in [7, 11) is 0. The topological polar surface area (TPSA) is 49.9 Å². The molecule has 70 valence electrons. The Balaban J connectivity index is 3.15. The number of hydrogen-bond acceptors (Lipinski definition) is 1. The molecule has 0 saturated carbocycles. The summed E-state index contributed by atoms with van der Waals surface area (Å²) < 4.78 is 0. The van der Waals surface area contributed by atoms with Crippen LogP contribution < -0.4 is 5.73 Å². The minimum Gasteiger partial charge on any atom is -0.387 e. The Bertz CT molecular complexity index is 329. The van der Waals surface area contributed by atoms with E-state index in [1.807, 2.05) is 19.1 Å². The SMILES string of the molecule is Cc1cccc(C(C)C(=N)N)c1C. The molecule has 0 aliphatic carbocycles. The van der Waals surface area contributed by atoms with Gasteiger partial charge in [0.2, 0.25) is 0 Å². The van der Waals surface area contributed by atoms with Crippen molar-refractivity contribution in [3.05, 3.63) is 34.9 Å². The molecule has 1 aromatic rings. The van der Waals surface area contributed by atoms with Gasteiger partial charge in [-0.1, -0.05) is 25.1 Å². The van der Waals surface area contributed by atoms with Crippen molar-refractivity contribution < 1.29 is 0 Å². The molecule has 3 N–H and O–H groups in total. The highest BCUT2D eigenvalue weighted by atomic mass is 14.7. The maximum atomic E-state index is 7.38. The van der Waals surface area contributed by atoms with Crippen LogP contribution >= 0.6 is 0 Å². The van der Waals surface area contributed by atoms with Gasteiger partial charge in [0.15, 0.2) is 0 Å². The highest BCUT2D eigenvalue weighted by Gasteiger charge is 2.11. The Morgan fingerprint density at radius 2 is 2.00 bits per heavy atom. The minimum absolute atomic E-state index is 0.0277. The van der Waals surface area contributed by atoms with Crippen LogP contribution in [-0.4, -0.2) is 5.84 Å². The van der Waals surface area contributed by atoms with E-state index in [9.17, 15) is 0 Å². The summed E-state index contributed by atoms with van der Waals surface area (Å²) in [6, 6.07) is 6.12. The summed E-state index contributed by atoms with van der Waals surface area (Å²) in [5.41, 5.74) is 9.13. The Hall–Kier alpha value is -1.31. The molecule has 0 saturated heterocycles. The number of nitrogens with one attached hydrogen (secondary N) is 1. The average molecular weight is 176 g/mol. The van der Waals surface area contributed by atoms with Crippen LogP contribution in [-0.2, 0) is 0 Å². The molecule has 0 spiro atoms. The molecule has 2 heteroatoms. The van der Waals surface area contributed by atoms with E-state index >= 15 is 0 Å². The zero-order valence-corrected chi connectivity index (χ0v) is 8.39. The van der Waals surface area contributed by atoms with Gasteiger partial charge in [0.1, 0.15) is 0 Å². The molecule has 1 aromatic carbocycles. The monoisotopic (exact) mass is 176 g/mol. The third-order valence-electron chi connectivity index (χ3n) is 2.58. The molecule has 0 fully saturated rings. The van der Waals surface area contributed by atoms with Gasteiger partial charge in [-0.2, -0.15) is 0 Å². The number of benzene rings is 1. The van der Waals surface area contributed by atoms with Crippen LogP contribution in [0.3, 0.4) is 0 Å². The van der Waals surface area contributed by atoms with Gasteiger partial charge in [-0.3, -0.25) is 5.41 Å². The van der Waals surface area contributed by atoms with Gasteiger partial charge in [-0.15, -0.1) is 0 Å². The molecule has 0 amide bonds. The molecular weight excluding hydrogens is 160 g/mol. The van der Waals surface area contributed by atoms with Gasteiger partial charge in [0, 0.05) is 5.92 Å². The Kier molecular flexibility index (Phi) is 2.71. The molecule has 1 atom stereocenters. The molecule has 13 heavy (non-hydrogen) atoms. The van der Waals surface area contributed by atoms with E-state index in [1.165, 1.54) is 11.1 Å². The largest absolute Gasteiger partial charge is 0.387 e. The van der Waals surface area contributed by atoms with Crippen molar-refractivity contribution in [2.45, 2.75) is 26.7 Å². The number of hydrogen-bond donors (Lipinski definition) is 2. The van der Waals surface area contributed by atoms with E-state index in [4.69, 9.17) is 11.1 Å². The van der Waals surface area contributed by atoms with Crippen LogP contribution in [0.5, 0.6) is 0 Å². The Morgan fingerprint density at radius 3 is 2.54 bits per heavy atom. The van der Waals surface area contributed by atoms with Crippen LogP contribution in [0.2, 0.25) is 0 Å². The summed E-state index contributed by atoms with van der Waals surface area (Å²) in [5, 5.41) is 7.38. The Labute approximate surface area is 79.3 Å². The molecule has 0 aromatic heterocycles. The zero-order valence-electron chi connectivity index (χ0n) is 8.39. The number of aryl methyl sites for hydroxylation is 1. The van der Waals surface area contributed by atoms with E-state index in [0.29, 0.717) is 0 Å². The second-order valence-electron chi connectivity index (χ2n) is 3.47. The fraction of sp³-hybridized carbons (Fsp3) is 0.364. The molecule has 0 aliphatic rings. The highest BCUT2D eigenvalue weighted by Crippen LogP contribution is 2.21. The lowest BCUT2D eigenvalue weighted by Gasteiger charge is -2.14. The van der Waals surface area contributed by atoms with Crippen molar-refractivity contribution >= 4 is 5.84 Å². The molecule has 0 heterocycles. The normalized spacial score (nSPS) is 12.5. The Morgan fingerprint density at radius 1 is 1.38 bits per heavy atom. The van der Waals surface area contributed by atoms with Gasteiger partial charge in [-0.25, -0.2) is 0 Å². The summed E-state index contributed by atoms with van der Waals surface area (Å²) in [6.45, 7) is 6.11. The van der Waals surface area contributed by atoms with Crippen molar-refractivity contribution in [3.8, 4) is 0 Å². The van der Waals surface area contributed by atoms with Gasteiger partial charge < -0.3 is 5.73 Å². The highest BCUT2D eigenvalue weighted by molar-refractivity contribution is 5.84. The first kappa shape index (κ1) is 9.78. The van der Waals surface area contributed by atoms with Crippen LogP contribution in [0.25, 0.3) is 0 Å². The average Bonchev–Trinajstić information content (AvgIpc) is 2.08. The predicted octanol–water partition coefficient (Wildman–Crippen LogP) is 2.34. The lowest BCUT2D eigenvalue weighted by molar-refractivity contribution is 0.971. The first-order chi connectivity index (χ1) is 6.04. The maximum absolute atomic E-state index is 7.38. The summed E-state index contributed by atoms with van der Waals surface area (Å²) >= 11 is 0. The van der Waals surface area contributed by atoms with Gasteiger partial charge in [-0.05, 0) is 30.5 Å². The standard InChI is InChI=1S/C11H16N2/c1-7-5-4-6-10(8(7)2)9(3)11(12)13/h4-6,9H,1-3H3,(H3,12,13). The predicted molar refractivity (Wildman–Crippen MR) is 56.2 cm³/mol. The van der Waals surface area contributed by atoms with Crippen LogP contribution in [0, 0.1) is 19.3 Å². The fourth-order valence-electron chi connectivity index (χ4n) is 1.41. The first-order valence-electron chi connectivity index (χ1n) is 4.44. The van der Waals surface area contributed by atoms with Crippen LogP contribution in [0.4, 0.5) is 0 Å². The smallest absolute Gasteiger partial charge is 0.0979 e. The van der Waals surface area contributed by atoms with Crippen LogP contribution in [0.1, 0.15) is 29.5 Å². The molecule has 0 radical (unpaired) electrons. The van der Waals surface area contributed by atoms with Crippen molar-refractivity contribution in [2.75, 3.05) is 0 Å². The number of nitrogens with two attached hydrogens (primary N) is 1. The molecule has 1 rings (SSSR count). The second kappa shape index (κ2) is 3.60. The molecule has 1 unspecified atom stereocenters. The third-order valence-corrected chi connectivity index (χ3v) is 2.58. The maximum Gasteiger partial charge on any atom is 0.0979 e. The van der Waals surface area contributed by atoms with Crippen molar-refractivity contribution in [3.63, 3.8) is 0 Å². The summed E-state index contributed by atoms with van der Waals surface area (Å²) in [6.07, 6.45) is 0. The van der Waals surface area contributed by atoms with E-state index in [0.717, 1.165) is 5.56 Å². The van der Waals surface area contributed by atoms with Crippen molar-refractivity contribution in [2.24, 2.45) is 5.73 Å². The van der Waals surface area contributed by atoms with E-state index in [2.05, 4.69) is 19.9 Å². The second-order valence-corrected chi connectivity index (χ2v) is 3.47. The van der Waals surface area contributed by atoms with E-state index in [1.54, 1.807) is 0 Å². The zero-order chi connectivity index (χ0) is 10.0. The van der Waals surface area contributed by atoms with Gasteiger partial charge in [0.05, 0.1) is 5.84 Å². The van der Waals surface area contributed by atoms with Crippen molar-refractivity contribution in [1.29, 1.82) is 5.41 Å². The molecule has 2 nitrogen and oxygen atoms in total. The van der Waals surface area contributed by atoms with E-state index in [-0.39, 0.29) is 11.8 Å². The fourth-order valence-corrected chi connectivity index (χ4v) is 1.41. The lowest BCUT2D eigenvalue weighted by Crippen LogP contribution is -2.18. The minimum atomic E-state index is 0.0277. The van der Waals surface area contributed by atoms with E-state index < -0.39 is 0 Å². The summed E-state index contributed by atoms with van der Waals surface area (Å²) in [4.78, 5) is 0. The first-order valence-corrected chi connectivity index (χ1v) is 4.44. The third kappa shape index (κ3) is 1.89. The van der Waals surface area contributed by atoms with Crippen molar-refractivity contribution in [1.82, 2.24) is 0 Å². The molecule has 0 aliphatic heterocycles. The molecular formula is C11H16N2. The van der Waals surface area contributed by atoms with Gasteiger partial charge in [0.25, 0.3) is 0 Å². The number of rotatable bonds is 2. The van der Waals surface area contributed by atoms with Gasteiger partial charge >= 0.3 is 0 Å². The number of amidine groups is 1. The van der Waals surface area contributed by atoms with Crippen LogP contribution in [0.15, 0.2) is 18.2 Å². The summed E-state index contributed by atoms with van der Waals surface area (Å²) in [5.74, 6) is 0.258. The molecule has 0 bridgehead atoms. The quantitative estimate of drug-likeness (QED) is 0.527. The lowest BCUT2D eigenvalue weighted by atomic mass is 9.93.